The molecule has 0 saturated heterocycles. The predicted molar refractivity (Wildman–Crippen MR) is 124 cm³/mol. The van der Waals surface area contributed by atoms with Crippen molar-refractivity contribution in [3.05, 3.63) is 52.8 Å². The maximum absolute atomic E-state index is 13.5. The molecule has 1 aliphatic carbocycles. The van der Waals surface area contributed by atoms with Gasteiger partial charge in [-0.3, -0.25) is 9.59 Å². The number of benzene rings is 1. The first-order valence-electron chi connectivity index (χ1n) is 11.0. The summed E-state index contributed by atoms with van der Waals surface area (Å²) in [5.41, 5.74) is 4.27. The van der Waals surface area contributed by atoms with E-state index in [4.69, 9.17) is 4.52 Å². The van der Waals surface area contributed by atoms with Gasteiger partial charge in [0.1, 0.15) is 0 Å². The summed E-state index contributed by atoms with van der Waals surface area (Å²) in [5, 5.41) is 7.74. The zero-order valence-electron chi connectivity index (χ0n) is 19.4. The number of carbonyl (C=O) groups excluding carboxylic acids is 2. The fourth-order valence-electron chi connectivity index (χ4n) is 3.74. The number of fused-ring (bicyclic) bond motifs is 1. The number of aryl methyl sites for hydroxylation is 1. The summed E-state index contributed by atoms with van der Waals surface area (Å²) in [6, 6.07) is 9.42. The van der Waals surface area contributed by atoms with Crippen LogP contribution in [0.5, 0.6) is 0 Å². The molecule has 2 heterocycles. The fraction of sp³-hybridized carbons (Fsp3) is 0.440. The highest BCUT2D eigenvalue weighted by Gasteiger charge is 2.31. The third-order valence-electron chi connectivity index (χ3n) is 5.52. The van der Waals surface area contributed by atoms with E-state index in [9.17, 15) is 9.59 Å². The van der Waals surface area contributed by atoms with E-state index in [0.717, 1.165) is 29.8 Å². The van der Waals surface area contributed by atoms with E-state index in [1.807, 2.05) is 37.3 Å². The van der Waals surface area contributed by atoms with Crippen LogP contribution in [0.15, 0.2) is 34.9 Å². The minimum Gasteiger partial charge on any atom is -0.336 e. The number of aromatic nitrogens is 2. The number of anilines is 1. The van der Waals surface area contributed by atoms with Gasteiger partial charge in [-0.15, -0.1) is 0 Å². The molecule has 1 aromatic carbocycles. The molecule has 7 nitrogen and oxygen atoms in total. The van der Waals surface area contributed by atoms with E-state index in [1.165, 1.54) is 4.90 Å². The molecular weight excluding hydrogens is 404 g/mol. The first kappa shape index (κ1) is 22.0. The van der Waals surface area contributed by atoms with E-state index < -0.39 is 0 Å². The Hall–Kier alpha value is -3.22. The van der Waals surface area contributed by atoms with Crippen molar-refractivity contribution in [3.63, 3.8) is 0 Å². The predicted octanol–water partition coefficient (Wildman–Crippen LogP) is 4.71. The van der Waals surface area contributed by atoms with Crippen LogP contribution in [0.2, 0.25) is 0 Å². The third kappa shape index (κ3) is 4.98. The summed E-state index contributed by atoms with van der Waals surface area (Å²) >= 11 is 0. The van der Waals surface area contributed by atoms with Crippen LogP contribution in [0.1, 0.15) is 66.8 Å². The quantitative estimate of drug-likeness (QED) is 0.607. The third-order valence-corrected chi connectivity index (χ3v) is 5.52. The lowest BCUT2D eigenvalue weighted by Crippen LogP contribution is -2.35. The van der Waals surface area contributed by atoms with Crippen LogP contribution in [-0.2, 0) is 11.2 Å². The number of pyridine rings is 1. The Morgan fingerprint density at radius 2 is 1.88 bits per heavy atom. The Balaban J connectivity index is 1.60. The minimum atomic E-state index is -0.252. The van der Waals surface area contributed by atoms with Crippen LogP contribution >= 0.6 is 0 Å². The van der Waals surface area contributed by atoms with Crippen molar-refractivity contribution in [2.75, 3.05) is 18.9 Å². The van der Waals surface area contributed by atoms with Crippen LogP contribution < -0.4 is 5.32 Å². The fourth-order valence-corrected chi connectivity index (χ4v) is 3.74. The normalized spacial score (nSPS) is 13.9. The number of rotatable bonds is 6. The van der Waals surface area contributed by atoms with Gasteiger partial charge in [-0.25, -0.2) is 4.98 Å². The monoisotopic (exact) mass is 434 g/mol. The number of nitrogens with one attached hydrogen (secondary N) is 1. The summed E-state index contributed by atoms with van der Waals surface area (Å²) in [5.74, 6) is -0.133. The van der Waals surface area contributed by atoms with Gasteiger partial charge in [0.15, 0.2) is 0 Å². The zero-order valence-corrected chi connectivity index (χ0v) is 19.4. The van der Waals surface area contributed by atoms with Gasteiger partial charge < -0.3 is 14.7 Å². The van der Waals surface area contributed by atoms with Crippen LogP contribution in [0.3, 0.4) is 0 Å². The molecule has 7 heteroatoms. The number of nitrogens with zero attached hydrogens (tertiary/aromatic N) is 3. The van der Waals surface area contributed by atoms with Crippen molar-refractivity contribution in [3.8, 4) is 0 Å². The van der Waals surface area contributed by atoms with Crippen molar-refractivity contribution < 1.29 is 14.1 Å². The number of likely N-dealkylation sites (N-methyl/N-ethyl adjacent to an activating group) is 1. The minimum absolute atomic E-state index is 0.0287. The Labute approximate surface area is 188 Å². The molecule has 2 aromatic heterocycles. The second kappa shape index (κ2) is 8.37. The molecule has 0 unspecified atom stereocenters. The Morgan fingerprint density at radius 3 is 2.50 bits per heavy atom. The molecule has 0 radical (unpaired) electrons. The topological polar surface area (TPSA) is 88.3 Å². The molecule has 0 bridgehead atoms. The molecule has 3 aromatic rings. The lowest BCUT2D eigenvalue weighted by Gasteiger charge is -2.19. The smallest absolute Gasteiger partial charge is 0.259 e. The first-order chi connectivity index (χ1) is 15.1. The van der Waals surface area contributed by atoms with Crippen molar-refractivity contribution >= 4 is 28.6 Å². The van der Waals surface area contributed by atoms with Gasteiger partial charge >= 0.3 is 0 Å². The van der Waals surface area contributed by atoms with Crippen molar-refractivity contribution in [2.24, 2.45) is 5.41 Å². The van der Waals surface area contributed by atoms with E-state index >= 15 is 0 Å². The molecule has 1 fully saturated rings. The van der Waals surface area contributed by atoms with Crippen LogP contribution in [0.25, 0.3) is 11.1 Å². The number of hydrogen-bond acceptors (Lipinski definition) is 5. The lowest BCUT2D eigenvalue weighted by atomic mass is 9.89. The Bertz CT molecular complexity index is 1150. The van der Waals surface area contributed by atoms with Crippen molar-refractivity contribution in [2.45, 2.75) is 52.9 Å². The summed E-state index contributed by atoms with van der Waals surface area (Å²) < 4.78 is 5.54. The van der Waals surface area contributed by atoms with Crippen molar-refractivity contribution in [1.82, 2.24) is 15.0 Å². The molecule has 168 valence electrons. The van der Waals surface area contributed by atoms with Crippen LogP contribution in [-0.4, -0.2) is 40.4 Å². The van der Waals surface area contributed by atoms with Gasteiger partial charge in [-0.2, -0.15) is 0 Å². The zero-order chi connectivity index (χ0) is 23.0. The summed E-state index contributed by atoms with van der Waals surface area (Å²) in [6.07, 6.45) is 2.77. The highest BCUT2D eigenvalue weighted by molar-refractivity contribution is 6.07. The highest BCUT2D eigenvalue weighted by Crippen LogP contribution is 2.41. The van der Waals surface area contributed by atoms with E-state index in [2.05, 4.69) is 36.2 Å². The molecule has 0 spiro atoms. The first-order valence-corrected chi connectivity index (χ1v) is 11.0. The second-order valence-corrected chi connectivity index (χ2v) is 9.99. The molecule has 32 heavy (non-hydrogen) atoms. The lowest BCUT2D eigenvalue weighted by molar-refractivity contribution is -0.116. The van der Waals surface area contributed by atoms with Crippen molar-refractivity contribution in [1.29, 1.82) is 0 Å². The number of carbonyl (C=O) groups is 2. The SMILES string of the molecule is Cc1ccc(NC(=O)CN(C)C(=O)c2cc(C3CC3)nc3onc(CC(C)(C)C)c23)cc1. The largest absolute Gasteiger partial charge is 0.336 e. The molecule has 0 atom stereocenters. The van der Waals surface area contributed by atoms with E-state index in [0.29, 0.717) is 34.7 Å². The number of hydrogen-bond donors (Lipinski definition) is 1. The van der Waals surface area contributed by atoms with Gasteiger partial charge in [0.25, 0.3) is 11.6 Å². The molecule has 1 saturated carbocycles. The highest BCUT2D eigenvalue weighted by atomic mass is 16.5. The van der Waals surface area contributed by atoms with Gasteiger partial charge in [0.05, 0.1) is 23.2 Å². The van der Waals surface area contributed by atoms with E-state index in [-0.39, 0.29) is 23.8 Å². The molecule has 1 aliphatic rings. The van der Waals surface area contributed by atoms with Crippen LogP contribution in [0, 0.1) is 12.3 Å². The van der Waals surface area contributed by atoms with Gasteiger partial charge in [0.2, 0.25) is 5.91 Å². The Kier molecular flexibility index (Phi) is 5.75. The van der Waals surface area contributed by atoms with Gasteiger partial charge in [0, 0.05) is 24.3 Å². The molecule has 0 aliphatic heterocycles. The Morgan fingerprint density at radius 1 is 1.19 bits per heavy atom. The average molecular weight is 435 g/mol. The molecule has 1 N–H and O–H groups in total. The van der Waals surface area contributed by atoms with E-state index in [1.54, 1.807) is 7.05 Å². The van der Waals surface area contributed by atoms with Gasteiger partial charge in [-0.1, -0.05) is 43.6 Å². The molecular formula is C25H30N4O3. The molecule has 2 amide bonds. The molecule has 4 rings (SSSR count). The maximum Gasteiger partial charge on any atom is 0.259 e. The second-order valence-electron chi connectivity index (χ2n) is 9.99. The summed E-state index contributed by atoms with van der Waals surface area (Å²) in [6.45, 7) is 8.27. The summed E-state index contributed by atoms with van der Waals surface area (Å²) in [7, 11) is 1.64. The summed E-state index contributed by atoms with van der Waals surface area (Å²) in [4.78, 5) is 32.1. The number of amides is 2. The van der Waals surface area contributed by atoms with Crippen LogP contribution in [0.4, 0.5) is 5.69 Å². The average Bonchev–Trinajstić information content (AvgIpc) is 3.50. The standard InChI is InChI=1S/C25H30N4O3/c1-15-6-10-17(11-7-15)26-21(30)14-29(5)24(31)18-12-19(16-8-9-16)27-23-22(18)20(28-32-23)13-25(2,3)4/h6-7,10-12,16H,8-9,13-14H2,1-5H3,(H,26,30). The van der Waals surface area contributed by atoms with Gasteiger partial charge in [-0.05, 0) is 49.8 Å². The maximum atomic E-state index is 13.5.